The highest BCUT2D eigenvalue weighted by Crippen LogP contribution is 2.30. The van der Waals surface area contributed by atoms with Crippen molar-refractivity contribution in [2.75, 3.05) is 24.7 Å². The maximum absolute atomic E-state index is 11.7. The van der Waals surface area contributed by atoms with E-state index in [-0.39, 0.29) is 11.2 Å². The molecular weight excluding hydrogens is 274 g/mol. The summed E-state index contributed by atoms with van der Waals surface area (Å²) in [4.78, 5) is 11.7. The molecule has 1 aromatic heterocycles. The normalized spacial score (nSPS) is 11.4. The first-order valence-corrected chi connectivity index (χ1v) is 7.76. The van der Waals surface area contributed by atoms with E-state index in [0.717, 1.165) is 13.0 Å². The van der Waals surface area contributed by atoms with E-state index in [9.17, 15) is 4.79 Å². The molecule has 6 heteroatoms. The lowest BCUT2D eigenvalue weighted by Gasteiger charge is -2.25. The average Bonchev–Trinajstić information content (AvgIpc) is 2.77. The number of esters is 1. The number of carbonyl (C=O) groups excluding carboxylic acids is 1. The number of hydrogen-bond acceptors (Lipinski definition) is 6. The van der Waals surface area contributed by atoms with Crippen LogP contribution in [0.5, 0.6) is 0 Å². The van der Waals surface area contributed by atoms with Crippen molar-refractivity contribution in [3.63, 3.8) is 0 Å². The third-order valence-corrected chi connectivity index (χ3v) is 4.11. The zero-order valence-electron chi connectivity index (χ0n) is 12.8. The Morgan fingerprint density at radius 2 is 2.15 bits per heavy atom. The van der Waals surface area contributed by atoms with E-state index in [1.165, 1.54) is 37.9 Å². The first kappa shape index (κ1) is 16.8. The molecule has 3 N–H and O–H groups in total. The molecule has 20 heavy (non-hydrogen) atoms. The first-order valence-electron chi connectivity index (χ1n) is 6.98. The van der Waals surface area contributed by atoms with Gasteiger partial charge in [0.05, 0.1) is 7.11 Å². The summed E-state index contributed by atoms with van der Waals surface area (Å²) in [5.41, 5.74) is 6.23. The van der Waals surface area contributed by atoms with Crippen LogP contribution >= 0.6 is 11.5 Å². The number of nitrogens with two attached hydrogens (primary N) is 1. The average molecular weight is 299 g/mol. The van der Waals surface area contributed by atoms with Crippen molar-refractivity contribution >= 4 is 28.3 Å². The van der Waals surface area contributed by atoms with Gasteiger partial charge in [-0.15, -0.1) is 0 Å². The van der Waals surface area contributed by atoms with Crippen molar-refractivity contribution < 1.29 is 9.53 Å². The number of unbranched alkanes of at least 4 members (excludes halogenated alkanes) is 2. The SMILES string of the molecule is CCCCCC(C)(C)CNc1snc(N)c1C(=O)OC. The van der Waals surface area contributed by atoms with Crippen molar-refractivity contribution in [2.24, 2.45) is 5.41 Å². The number of aromatic nitrogens is 1. The standard InChI is InChI=1S/C14H25N3O2S/c1-5-6-7-8-14(2,3)9-16-12-10(13(18)19-4)11(15)17-20-12/h16H,5-9H2,1-4H3,(H2,15,17). The molecule has 1 heterocycles. The zero-order chi connectivity index (χ0) is 15.2. The predicted octanol–water partition coefficient (Wildman–Crippen LogP) is 3.53. The molecule has 0 saturated heterocycles. The minimum atomic E-state index is -0.442. The molecule has 0 spiro atoms. The lowest BCUT2D eigenvalue weighted by Crippen LogP contribution is -2.23. The van der Waals surface area contributed by atoms with Crippen LogP contribution in [0.3, 0.4) is 0 Å². The minimum Gasteiger partial charge on any atom is -0.465 e. The lowest BCUT2D eigenvalue weighted by molar-refractivity contribution is 0.0603. The van der Waals surface area contributed by atoms with Crippen LogP contribution in [0.4, 0.5) is 10.8 Å². The molecule has 0 aliphatic carbocycles. The van der Waals surface area contributed by atoms with E-state index >= 15 is 0 Å². The van der Waals surface area contributed by atoms with Crippen molar-refractivity contribution in [3.8, 4) is 0 Å². The summed E-state index contributed by atoms with van der Waals surface area (Å²) in [5.74, 6) is -0.212. The number of carbonyl (C=O) groups is 1. The topological polar surface area (TPSA) is 77.2 Å². The van der Waals surface area contributed by atoms with Crippen LogP contribution in [0.15, 0.2) is 0 Å². The van der Waals surface area contributed by atoms with Gasteiger partial charge in [0.2, 0.25) is 0 Å². The zero-order valence-corrected chi connectivity index (χ0v) is 13.6. The maximum Gasteiger partial charge on any atom is 0.344 e. The van der Waals surface area contributed by atoms with Gasteiger partial charge in [-0.2, -0.15) is 4.37 Å². The van der Waals surface area contributed by atoms with E-state index in [0.29, 0.717) is 10.6 Å². The fourth-order valence-electron chi connectivity index (χ4n) is 1.98. The molecule has 0 atom stereocenters. The lowest BCUT2D eigenvalue weighted by atomic mass is 9.87. The van der Waals surface area contributed by atoms with E-state index in [4.69, 9.17) is 10.5 Å². The summed E-state index contributed by atoms with van der Waals surface area (Å²) in [6.45, 7) is 7.42. The Labute approximate surface area is 125 Å². The molecule has 0 aliphatic heterocycles. The van der Waals surface area contributed by atoms with E-state index in [1.807, 2.05) is 0 Å². The molecular formula is C14H25N3O2S. The third kappa shape index (κ3) is 4.67. The number of nitrogens with zero attached hydrogens (tertiary/aromatic N) is 1. The quantitative estimate of drug-likeness (QED) is 0.567. The highest BCUT2D eigenvalue weighted by Gasteiger charge is 2.23. The van der Waals surface area contributed by atoms with Crippen molar-refractivity contribution in [2.45, 2.75) is 46.5 Å². The summed E-state index contributed by atoms with van der Waals surface area (Å²) in [6.07, 6.45) is 4.85. The molecule has 0 unspecified atom stereocenters. The number of nitrogen functional groups attached to an aromatic ring is 1. The van der Waals surface area contributed by atoms with Crippen LogP contribution in [0.2, 0.25) is 0 Å². The second kappa shape index (κ2) is 7.47. The van der Waals surface area contributed by atoms with Crippen LogP contribution in [0.1, 0.15) is 56.8 Å². The summed E-state index contributed by atoms with van der Waals surface area (Å²) in [5, 5.41) is 3.98. The molecule has 0 fully saturated rings. The molecule has 0 amide bonds. The Morgan fingerprint density at radius 1 is 1.45 bits per heavy atom. The Morgan fingerprint density at radius 3 is 2.75 bits per heavy atom. The van der Waals surface area contributed by atoms with Gasteiger partial charge in [-0.1, -0.05) is 40.0 Å². The van der Waals surface area contributed by atoms with Crippen molar-refractivity contribution in [3.05, 3.63) is 5.56 Å². The van der Waals surface area contributed by atoms with Gasteiger partial charge in [0, 0.05) is 6.54 Å². The summed E-state index contributed by atoms with van der Waals surface area (Å²) >= 11 is 1.20. The minimum absolute atomic E-state index is 0.168. The fraction of sp³-hybridized carbons (Fsp3) is 0.714. The monoisotopic (exact) mass is 299 g/mol. The molecule has 0 bridgehead atoms. The molecule has 0 saturated carbocycles. The molecule has 5 nitrogen and oxygen atoms in total. The number of rotatable bonds is 8. The number of anilines is 2. The predicted molar refractivity (Wildman–Crippen MR) is 84.3 cm³/mol. The third-order valence-electron chi connectivity index (χ3n) is 3.29. The van der Waals surface area contributed by atoms with Gasteiger partial charge in [0.1, 0.15) is 10.6 Å². The van der Waals surface area contributed by atoms with E-state index in [1.54, 1.807) is 0 Å². The van der Waals surface area contributed by atoms with Gasteiger partial charge >= 0.3 is 5.97 Å². The number of hydrogen-bond donors (Lipinski definition) is 2. The van der Waals surface area contributed by atoms with Crippen LogP contribution in [-0.2, 0) is 4.74 Å². The summed E-state index contributed by atoms with van der Waals surface area (Å²) in [6, 6.07) is 0. The summed E-state index contributed by atoms with van der Waals surface area (Å²) < 4.78 is 8.75. The van der Waals surface area contributed by atoms with Crippen molar-refractivity contribution in [1.29, 1.82) is 0 Å². The second-order valence-electron chi connectivity index (χ2n) is 5.74. The largest absolute Gasteiger partial charge is 0.465 e. The highest BCUT2D eigenvalue weighted by atomic mass is 32.1. The summed E-state index contributed by atoms with van der Waals surface area (Å²) in [7, 11) is 1.35. The van der Waals surface area contributed by atoms with Crippen LogP contribution < -0.4 is 11.1 Å². The van der Waals surface area contributed by atoms with Gasteiger partial charge in [-0.25, -0.2) is 4.79 Å². The molecule has 0 aromatic carbocycles. The molecule has 1 aromatic rings. The molecule has 0 radical (unpaired) electrons. The molecule has 114 valence electrons. The Kier molecular flexibility index (Phi) is 6.26. The number of nitrogens with one attached hydrogen (secondary N) is 1. The van der Waals surface area contributed by atoms with Crippen molar-refractivity contribution in [1.82, 2.24) is 4.37 Å². The maximum atomic E-state index is 11.7. The van der Waals surface area contributed by atoms with Gasteiger partial charge in [-0.05, 0) is 23.4 Å². The van der Waals surface area contributed by atoms with Gasteiger partial charge in [0.25, 0.3) is 0 Å². The fourth-order valence-corrected chi connectivity index (χ4v) is 2.68. The number of methoxy groups -OCH3 is 1. The van der Waals surface area contributed by atoms with Gasteiger partial charge in [0.15, 0.2) is 5.82 Å². The van der Waals surface area contributed by atoms with E-state index in [2.05, 4.69) is 30.5 Å². The molecule has 0 aliphatic rings. The van der Waals surface area contributed by atoms with Gasteiger partial charge < -0.3 is 15.8 Å². The Bertz CT molecular complexity index is 444. The molecule has 1 rings (SSSR count). The second-order valence-corrected chi connectivity index (χ2v) is 6.51. The highest BCUT2D eigenvalue weighted by molar-refractivity contribution is 7.11. The van der Waals surface area contributed by atoms with Crippen LogP contribution in [0, 0.1) is 5.41 Å². The smallest absolute Gasteiger partial charge is 0.344 e. The Balaban J connectivity index is 2.63. The van der Waals surface area contributed by atoms with Gasteiger partial charge in [-0.3, -0.25) is 0 Å². The van der Waals surface area contributed by atoms with Crippen LogP contribution in [0.25, 0.3) is 0 Å². The first-order chi connectivity index (χ1) is 9.41. The number of ether oxygens (including phenoxy) is 1. The Hall–Kier alpha value is -1.30. The van der Waals surface area contributed by atoms with E-state index < -0.39 is 5.97 Å². The van der Waals surface area contributed by atoms with Crippen LogP contribution in [-0.4, -0.2) is 24.0 Å².